The Labute approximate surface area is 163 Å². The lowest BCUT2D eigenvalue weighted by Gasteiger charge is -2.31. The molecule has 9 heteroatoms. The molecule has 0 atom stereocenters. The molecule has 28 heavy (non-hydrogen) atoms. The predicted molar refractivity (Wildman–Crippen MR) is 102 cm³/mol. The van der Waals surface area contributed by atoms with Crippen molar-refractivity contribution in [3.05, 3.63) is 54.3 Å². The molecule has 0 aliphatic carbocycles. The molecule has 1 fully saturated rings. The van der Waals surface area contributed by atoms with Gasteiger partial charge in [-0.05, 0) is 48.5 Å². The fourth-order valence-electron chi connectivity index (χ4n) is 3.08. The molecule has 1 saturated heterocycles. The maximum absolute atomic E-state index is 12.9. The summed E-state index contributed by atoms with van der Waals surface area (Å²) in [5, 5.41) is 2.72. The van der Waals surface area contributed by atoms with Gasteiger partial charge >= 0.3 is 0 Å². The van der Waals surface area contributed by atoms with Crippen molar-refractivity contribution in [2.45, 2.75) is 4.90 Å². The summed E-state index contributed by atoms with van der Waals surface area (Å²) in [4.78, 5) is 13.4. The minimum atomic E-state index is -3.56. The van der Waals surface area contributed by atoms with Crippen molar-refractivity contribution in [3.63, 3.8) is 0 Å². The number of amides is 1. The van der Waals surface area contributed by atoms with E-state index in [9.17, 15) is 17.6 Å². The van der Waals surface area contributed by atoms with E-state index in [1.807, 2.05) is 0 Å². The Hall–Kier alpha value is -2.49. The number of methoxy groups -OCH3 is 1. The molecule has 2 aromatic carbocycles. The van der Waals surface area contributed by atoms with Gasteiger partial charge in [-0.15, -0.1) is 0 Å². The minimum absolute atomic E-state index is 0.187. The van der Waals surface area contributed by atoms with Crippen LogP contribution in [0.4, 0.5) is 10.1 Å². The Balaban J connectivity index is 1.53. The van der Waals surface area contributed by atoms with Crippen molar-refractivity contribution in [2.24, 2.45) is 0 Å². The van der Waals surface area contributed by atoms with Gasteiger partial charge in [-0.2, -0.15) is 4.31 Å². The highest BCUT2D eigenvalue weighted by atomic mass is 32.2. The van der Waals surface area contributed by atoms with Crippen LogP contribution in [0.2, 0.25) is 0 Å². The number of hydrogen-bond acceptors (Lipinski definition) is 4. The number of rotatable bonds is 6. The van der Waals surface area contributed by atoms with Crippen molar-refractivity contribution in [3.8, 4) is 5.75 Å². The number of benzene rings is 2. The summed E-state index contributed by atoms with van der Waals surface area (Å²) >= 11 is 0. The van der Waals surface area contributed by atoms with Crippen molar-refractivity contribution in [1.29, 1.82) is 0 Å². The van der Waals surface area contributed by atoms with Gasteiger partial charge in [0.15, 0.2) is 6.54 Å². The number of hydrogen-bond donors (Lipinski definition) is 2. The van der Waals surface area contributed by atoms with Crippen LogP contribution in [0.25, 0.3) is 0 Å². The van der Waals surface area contributed by atoms with Crippen LogP contribution in [0, 0.1) is 5.82 Å². The number of nitrogens with one attached hydrogen (secondary N) is 2. The van der Waals surface area contributed by atoms with Crippen LogP contribution in [0.15, 0.2) is 53.4 Å². The van der Waals surface area contributed by atoms with E-state index in [2.05, 4.69) is 5.32 Å². The monoisotopic (exact) mass is 408 g/mol. The number of quaternary nitrogens is 1. The van der Waals surface area contributed by atoms with E-state index in [0.717, 1.165) is 4.90 Å². The van der Waals surface area contributed by atoms with Crippen LogP contribution in [-0.4, -0.2) is 58.5 Å². The summed E-state index contributed by atoms with van der Waals surface area (Å²) in [5.74, 6) is 0.0475. The zero-order valence-electron chi connectivity index (χ0n) is 15.5. The molecule has 0 bridgehead atoms. The highest BCUT2D eigenvalue weighted by molar-refractivity contribution is 7.89. The zero-order chi connectivity index (χ0) is 20.1. The maximum atomic E-state index is 12.9. The van der Waals surface area contributed by atoms with Gasteiger partial charge in [0.2, 0.25) is 10.0 Å². The molecule has 7 nitrogen and oxygen atoms in total. The number of carbonyl (C=O) groups is 1. The lowest BCUT2D eigenvalue weighted by Crippen LogP contribution is -3.15. The maximum Gasteiger partial charge on any atom is 0.279 e. The summed E-state index contributed by atoms with van der Waals surface area (Å²) in [7, 11) is -2.04. The van der Waals surface area contributed by atoms with Crippen LogP contribution >= 0.6 is 0 Å². The highest BCUT2D eigenvalue weighted by Crippen LogP contribution is 2.19. The molecule has 0 radical (unpaired) electrons. The fraction of sp³-hybridized carbons (Fsp3) is 0.316. The largest absolute Gasteiger partial charge is 0.497 e. The standard InChI is InChI=1S/C19H22FN3O4S/c1-27-17-6-8-18(9-7-17)28(25,26)23-12-10-22(11-13-23)14-19(24)21-16-4-2-15(20)3-5-16/h2-9H,10-14H2,1H3,(H,21,24)/p+1. The third-order valence-electron chi connectivity index (χ3n) is 4.67. The average molecular weight is 408 g/mol. The third-order valence-corrected chi connectivity index (χ3v) is 6.58. The molecule has 150 valence electrons. The van der Waals surface area contributed by atoms with Gasteiger partial charge in [-0.1, -0.05) is 0 Å². The second-order valence-corrected chi connectivity index (χ2v) is 8.50. The van der Waals surface area contributed by atoms with E-state index in [1.54, 1.807) is 12.1 Å². The van der Waals surface area contributed by atoms with E-state index in [-0.39, 0.29) is 23.2 Å². The SMILES string of the molecule is COc1ccc(S(=O)(=O)N2CC[NH+](CC(=O)Nc3ccc(F)cc3)CC2)cc1. The number of carbonyl (C=O) groups excluding carboxylic acids is 1. The van der Waals surface area contributed by atoms with Gasteiger partial charge in [0, 0.05) is 5.69 Å². The summed E-state index contributed by atoms with van der Waals surface area (Å²) in [5.41, 5.74) is 0.534. The number of sulfonamides is 1. The molecular formula is C19H23FN3O4S+. The lowest BCUT2D eigenvalue weighted by atomic mass is 10.3. The summed E-state index contributed by atoms with van der Waals surface area (Å²) in [6.45, 7) is 1.98. The van der Waals surface area contributed by atoms with Crippen LogP contribution < -0.4 is 15.0 Å². The van der Waals surface area contributed by atoms with E-state index >= 15 is 0 Å². The first-order valence-electron chi connectivity index (χ1n) is 8.91. The molecule has 0 saturated carbocycles. The van der Waals surface area contributed by atoms with E-state index in [1.165, 1.54) is 47.8 Å². The van der Waals surface area contributed by atoms with Gasteiger partial charge in [0.25, 0.3) is 5.91 Å². The summed E-state index contributed by atoms with van der Waals surface area (Å²) < 4.78 is 44.9. The smallest absolute Gasteiger partial charge is 0.279 e. The van der Waals surface area contributed by atoms with E-state index in [0.29, 0.717) is 37.6 Å². The molecule has 1 amide bonds. The van der Waals surface area contributed by atoms with Crippen LogP contribution in [-0.2, 0) is 14.8 Å². The summed E-state index contributed by atoms with van der Waals surface area (Å²) in [6.07, 6.45) is 0. The molecule has 2 N–H and O–H groups in total. The van der Waals surface area contributed by atoms with Crippen molar-refractivity contribution < 1.29 is 27.2 Å². The number of halogens is 1. The number of ether oxygens (including phenoxy) is 1. The second-order valence-electron chi connectivity index (χ2n) is 6.56. The topological polar surface area (TPSA) is 80.2 Å². The molecule has 1 aliphatic heterocycles. The molecular weight excluding hydrogens is 385 g/mol. The molecule has 0 unspecified atom stereocenters. The van der Waals surface area contributed by atoms with Crippen molar-refractivity contribution >= 4 is 21.6 Å². The molecule has 2 aromatic rings. The van der Waals surface area contributed by atoms with Gasteiger partial charge in [-0.25, -0.2) is 12.8 Å². The number of nitrogens with zero attached hydrogens (tertiary/aromatic N) is 1. The molecule has 0 spiro atoms. The van der Waals surface area contributed by atoms with Gasteiger partial charge in [0.1, 0.15) is 11.6 Å². The molecule has 0 aromatic heterocycles. The second kappa shape index (κ2) is 8.68. The Morgan fingerprint density at radius 2 is 1.71 bits per heavy atom. The van der Waals surface area contributed by atoms with Gasteiger partial charge < -0.3 is 15.0 Å². The van der Waals surface area contributed by atoms with E-state index in [4.69, 9.17) is 4.74 Å². The van der Waals surface area contributed by atoms with Gasteiger partial charge in [-0.3, -0.25) is 4.79 Å². The molecule has 3 rings (SSSR count). The van der Waals surface area contributed by atoms with E-state index < -0.39 is 10.0 Å². The average Bonchev–Trinajstić information content (AvgIpc) is 2.70. The number of piperazine rings is 1. The molecule has 1 heterocycles. The summed E-state index contributed by atoms with van der Waals surface area (Å²) in [6, 6.07) is 11.9. The van der Waals surface area contributed by atoms with Crippen molar-refractivity contribution in [2.75, 3.05) is 45.2 Å². The zero-order valence-corrected chi connectivity index (χ0v) is 16.3. The normalized spacial score (nSPS) is 15.9. The van der Waals surface area contributed by atoms with Crippen molar-refractivity contribution in [1.82, 2.24) is 4.31 Å². The highest BCUT2D eigenvalue weighted by Gasteiger charge is 2.31. The third kappa shape index (κ3) is 4.86. The minimum Gasteiger partial charge on any atom is -0.497 e. The fourth-order valence-corrected chi connectivity index (χ4v) is 4.52. The van der Waals surface area contributed by atoms with Gasteiger partial charge in [0.05, 0.1) is 38.2 Å². The quantitative estimate of drug-likeness (QED) is 0.724. The first-order chi connectivity index (χ1) is 13.4. The Kier molecular flexibility index (Phi) is 6.28. The predicted octanol–water partition coefficient (Wildman–Crippen LogP) is 0.362. The first-order valence-corrected chi connectivity index (χ1v) is 10.4. The number of anilines is 1. The van der Waals surface area contributed by atoms with Crippen LogP contribution in [0.5, 0.6) is 5.75 Å². The van der Waals surface area contributed by atoms with Crippen LogP contribution in [0.1, 0.15) is 0 Å². The Morgan fingerprint density at radius 1 is 1.11 bits per heavy atom. The Morgan fingerprint density at radius 3 is 2.29 bits per heavy atom. The Bertz CT molecular complexity index is 909. The lowest BCUT2D eigenvalue weighted by molar-refractivity contribution is -0.895. The molecule has 1 aliphatic rings. The first kappa shape index (κ1) is 20.2. The van der Waals surface area contributed by atoms with Crippen LogP contribution in [0.3, 0.4) is 0 Å².